The summed E-state index contributed by atoms with van der Waals surface area (Å²) < 4.78 is 23.9. The SMILES string of the molecule is CN=C(NCC1(c2ccc(F)cc2)CCOCC1)N1CC(C)C(C(=O)OC)C1.I. The number of nitrogens with one attached hydrogen (secondary N) is 1. The largest absolute Gasteiger partial charge is 0.469 e. The zero-order valence-corrected chi connectivity index (χ0v) is 19.6. The van der Waals surface area contributed by atoms with Crippen LogP contribution in [-0.2, 0) is 19.7 Å². The topological polar surface area (TPSA) is 63.2 Å². The van der Waals surface area contributed by atoms with Gasteiger partial charge in [-0.05, 0) is 36.5 Å². The second-order valence-corrected chi connectivity index (χ2v) is 7.81. The number of aliphatic imine (C=N–C) groups is 1. The molecule has 2 unspecified atom stereocenters. The first-order valence-corrected chi connectivity index (χ1v) is 9.86. The van der Waals surface area contributed by atoms with E-state index in [-0.39, 0.29) is 53.0 Å². The highest BCUT2D eigenvalue weighted by Crippen LogP contribution is 2.34. The minimum absolute atomic E-state index is 0. The van der Waals surface area contributed by atoms with Crippen LogP contribution in [0.2, 0.25) is 0 Å². The van der Waals surface area contributed by atoms with Gasteiger partial charge in [0.2, 0.25) is 0 Å². The highest BCUT2D eigenvalue weighted by Gasteiger charge is 2.39. The van der Waals surface area contributed by atoms with Gasteiger partial charge in [0.1, 0.15) is 5.82 Å². The second kappa shape index (κ2) is 10.6. The molecule has 29 heavy (non-hydrogen) atoms. The molecule has 6 nitrogen and oxygen atoms in total. The molecule has 0 spiro atoms. The number of guanidine groups is 1. The van der Waals surface area contributed by atoms with E-state index >= 15 is 0 Å². The van der Waals surface area contributed by atoms with Gasteiger partial charge in [-0.3, -0.25) is 9.79 Å². The molecule has 1 aromatic rings. The zero-order chi connectivity index (χ0) is 20.1. The Morgan fingerprint density at radius 2 is 1.97 bits per heavy atom. The van der Waals surface area contributed by atoms with Crippen molar-refractivity contribution in [1.82, 2.24) is 10.2 Å². The van der Waals surface area contributed by atoms with E-state index in [1.165, 1.54) is 19.2 Å². The predicted octanol–water partition coefficient (Wildman–Crippen LogP) is 2.81. The van der Waals surface area contributed by atoms with Gasteiger partial charge >= 0.3 is 5.97 Å². The van der Waals surface area contributed by atoms with Crippen molar-refractivity contribution < 1.29 is 18.7 Å². The molecular formula is C21H31FIN3O3. The number of methoxy groups -OCH3 is 1. The van der Waals surface area contributed by atoms with Crippen molar-refractivity contribution in [3.8, 4) is 0 Å². The molecule has 8 heteroatoms. The Labute approximate surface area is 189 Å². The number of likely N-dealkylation sites (tertiary alicyclic amines) is 1. The molecule has 2 saturated heterocycles. The number of carbonyl (C=O) groups is 1. The van der Waals surface area contributed by atoms with Crippen LogP contribution in [-0.4, -0.2) is 63.8 Å². The second-order valence-electron chi connectivity index (χ2n) is 7.81. The number of rotatable bonds is 4. The maximum Gasteiger partial charge on any atom is 0.310 e. The minimum atomic E-state index is -0.227. The molecule has 0 bridgehead atoms. The minimum Gasteiger partial charge on any atom is -0.469 e. The lowest BCUT2D eigenvalue weighted by Crippen LogP contribution is -2.49. The third-order valence-corrected chi connectivity index (χ3v) is 6.12. The Balaban J connectivity index is 0.00000300. The van der Waals surface area contributed by atoms with E-state index in [9.17, 15) is 9.18 Å². The first-order chi connectivity index (χ1) is 13.5. The van der Waals surface area contributed by atoms with Gasteiger partial charge in [0, 0.05) is 45.3 Å². The molecule has 0 aliphatic carbocycles. The van der Waals surface area contributed by atoms with Crippen molar-refractivity contribution in [1.29, 1.82) is 0 Å². The Kier molecular flexibility index (Phi) is 8.69. The number of nitrogens with zero attached hydrogens (tertiary/aromatic N) is 2. The highest BCUT2D eigenvalue weighted by atomic mass is 127. The average Bonchev–Trinajstić information content (AvgIpc) is 3.10. The van der Waals surface area contributed by atoms with Crippen molar-refractivity contribution in [2.45, 2.75) is 25.2 Å². The number of carbonyl (C=O) groups excluding carboxylic acids is 1. The van der Waals surface area contributed by atoms with E-state index in [1.54, 1.807) is 7.05 Å². The maximum absolute atomic E-state index is 13.4. The van der Waals surface area contributed by atoms with Gasteiger partial charge in [-0.2, -0.15) is 0 Å². The number of benzene rings is 1. The molecule has 3 rings (SSSR count). The van der Waals surface area contributed by atoms with Crippen molar-refractivity contribution >= 4 is 35.9 Å². The number of ether oxygens (including phenoxy) is 2. The van der Waals surface area contributed by atoms with Crippen LogP contribution >= 0.6 is 24.0 Å². The molecular weight excluding hydrogens is 488 g/mol. The Bertz CT molecular complexity index is 708. The normalized spacial score (nSPS) is 24.0. The molecule has 2 fully saturated rings. The van der Waals surface area contributed by atoms with Crippen molar-refractivity contribution in [3.63, 3.8) is 0 Å². The number of hydrogen-bond donors (Lipinski definition) is 1. The lowest BCUT2D eigenvalue weighted by Gasteiger charge is -2.39. The van der Waals surface area contributed by atoms with E-state index in [2.05, 4.69) is 22.1 Å². The van der Waals surface area contributed by atoms with Crippen LogP contribution < -0.4 is 5.32 Å². The number of esters is 1. The van der Waals surface area contributed by atoms with Gasteiger partial charge in [-0.1, -0.05) is 19.1 Å². The summed E-state index contributed by atoms with van der Waals surface area (Å²) in [6.07, 6.45) is 1.73. The van der Waals surface area contributed by atoms with Crippen LogP contribution in [0, 0.1) is 17.7 Å². The van der Waals surface area contributed by atoms with Gasteiger partial charge < -0.3 is 19.7 Å². The fraction of sp³-hybridized carbons (Fsp3) is 0.619. The third kappa shape index (κ3) is 5.39. The molecule has 2 aliphatic rings. The van der Waals surface area contributed by atoms with Gasteiger partial charge in [0.25, 0.3) is 0 Å². The monoisotopic (exact) mass is 519 g/mol. The van der Waals surface area contributed by atoms with E-state index in [0.29, 0.717) is 26.3 Å². The van der Waals surface area contributed by atoms with Crippen molar-refractivity contribution in [3.05, 3.63) is 35.6 Å². The Morgan fingerprint density at radius 3 is 2.55 bits per heavy atom. The standard InChI is InChI=1S/C21H30FN3O3.HI/c1-15-12-25(13-18(15)19(26)27-3)20(23-2)24-14-21(8-10-28-11-9-21)16-4-6-17(22)7-5-16;/h4-7,15,18H,8-14H2,1-3H3,(H,23,24);1H. The lowest BCUT2D eigenvalue weighted by atomic mass is 9.74. The van der Waals surface area contributed by atoms with Crippen LogP contribution in [0.3, 0.4) is 0 Å². The predicted molar refractivity (Wildman–Crippen MR) is 121 cm³/mol. The Morgan fingerprint density at radius 1 is 1.31 bits per heavy atom. The summed E-state index contributed by atoms with van der Waals surface area (Å²) in [6, 6.07) is 6.78. The van der Waals surface area contributed by atoms with Crippen LogP contribution in [0.25, 0.3) is 0 Å². The lowest BCUT2D eigenvalue weighted by molar-refractivity contribution is -0.145. The maximum atomic E-state index is 13.4. The van der Waals surface area contributed by atoms with Crippen molar-refractivity contribution in [2.24, 2.45) is 16.8 Å². The van der Waals surface area contributed by atoms with Crippen LogP contribution in [0.15, 0.2) is 29.3 Å². The molecule has 1 aromatic carbocycles. The molecule has 0 radical (unpaired) electrons. The number of hydrogen-bond acceptors (Lipinski definition) is 4. The summed E-state index contributed by atoms with van der Waals surface area (Å²) in [7, 11) is 3.19. The Hall–Kier alpha value is -1.42. The fourth-order valence-electron chi connectivity index (χ4n) is 4.31. The summed E-state index contributed by atoms with van der Waals surface area (Å²) in [4.78, 5) is 18.5. The molecule has 2 atom stereocenters. The fourth-order valence-corrected chi connectivity index (χ4v) is 4.31. The van der Waals surface area contributed by atoms with Gasteiger partial charge in [0.05, 0.1) is 13.0 Å². The quantitative estimate of drug-likeness (QED) is 0.287. The van der Waals surface area contributed by atoms with E-state index < -0.39 is 0 Å². The molecule has 1 N–H and O–H groups in total. The smallest absolute Gasteiger partial charge is 0.310 e. The summed E-state index contributed by atoms with van der Waals surface area (Å²) >= 11 is 0. The van der Waals surface area contributed by atoms with Gasteiger partial charge in [-0.25, -0.2) is 4.39 Å². The van der Waals surface area contributed by atoms with E-state index in [0.717, 1.165) is 30.9 Å². The molecule has 162 valence electrons. The van der Waals surface area contributed by atoms with Crippen LogP contribution in [0.5, 0.6) is 0 Å². The van der Waals surface area contributed by atoms with Crippen LogP contribution in [0.4, 0.5) is 4.39 Å². The molecule has 0 amide bonds. The molecule has 2 heterocycles. The summed E-state index contributed by atoms with van der Waals surface area (Å²) in [5.41, 5.74) is 0.983. The summed E-state index contributed by atoms with van der Waals surface area (Å²) in [6.45, 7) is 5.47. The third-order valence-electron chi connectivity index (χ3n) is 6.12. The van der Waals surface area contributed by atoms with E-state index in [4.69, 9.17) is 9.47 Å². The van der Waals surface area contributed by atoms with E-state index in [1.807, 2.05) is 12.1 Å². The highest BCUT2D eigenvalue weighted by molar-refractivity contribution is 14.0. The van der Waals surface area contributed by atoms with Crippen LogP contribution in [0.1, 0.15) is 25.3 Å². The van der Waals surface area contributed by atoms with Gasteiger partial charge in [0.15, 0.2) is 5.96 Å². The number of halogens is 2. The molecule has 0 aromatic heterocycles. The van der Waals surface area contributed by atoms with Gasteiger partial charge in [-0.15, -0.1) is 24.0 Å². The molecule has 2 aliphatic heterocycles. The summed E-state index contributed by atoms with van der Waals surface area (Å²) in [5.74, 6) is 0.455. The van der Waals surface area contributed by atoms with Crippen molar-refractivity contribution in [2.75, 3.05) is 47.0 Å². The zero-order valence-electron chi connectivity index (χ0n) is 17.3. The first-order valence-electron chi connectivity index (χ1n) is 9.86. The molecule has 0 saturated carbocycles. The first kappa shape index (κ1) is 23.9. The average molecular weight is 519 g/mol. The summed E-state index contributed by atoms with van der Waals surface area (Å²) in [5, 5.41) is 3.51.